The van der Waals surface area contributed by atoms with Crippen molar-refractivity contribution in [2.24, 2.45) is 0 Å². The van der Waals surface area contributed by atoms with Gasteiger partial charge in [-0.1, -0.05) is 18.2 Å². The highest BCUT2D eigenvalue weighted by atomic mass is 32.2. The maximum absolute atomic E-state index is 13.0. The lowest BCUT2D eigenvalue weighted by molar-refractivity contribution is -0.0979. The third kappa shape index (κ3) is 4.96. The molecule has 0 amide bonds. The molecule has 1 fully saturated rings. The molecule has 0 atom stereocenters. The number of rotatable bonds is 9. The van der Waals surface area contributed by atoms with Crippen LogP contribution in [0.4, 0.5) is 5.82 Å². The number of sulfone groups is 1. The number of ether oxygens (including phenoxy) is 2. The van der Waals surface area contributed by atoms with Crippen LogP contribution in [0.2, 0.25) is 0 Å². The predicted molar refractivity (Wildman–Crippen MR) is 148 cm³/mol. The van der Waals surface area contributed by atoms with Crippen molar-refractivity contribution in [3.8, 4) is 16.8 Å². The smallest absolute Gasteiger partial charge is 0.180 e. The van der Waals surface area contributed by atoms with E-state index in [1.807, 2.05) is 36.5 Å². The number of H-pyrrole nitrogens is 1. The lowest BCUT2D eigenvalue weighted by Crippen LogP contribution is -2.37. The van der Waals surface area contributed by atoms with Gasteiger partial charge in [-0.15, -0.1) is 5.10 Å². The van der Waals surface area contributed by atoms with E-state index in [1.54, 1.807) is 24.2 Å². The maximum Gasteiger partial charge on any atom is 0.180 e. The van der Waals surface area contributed by atoms with Crippen LogP contribution in [0.5, 0.6) is 0 Å². The highest BCUT2D eigenvalue weighted by molar-refractivity contribution is 7.91. The first kappa shape index (κ1) is 27.0. The number of hydrogen-bond donors (Lipinski definition) is 2. The minimum absolute atomic E-state index is 0.00114. The molecule has 0 saturated heterocycles. The Kier molecular flexibility index (Phi) is 7.01. The number of methoxy groups -OCH3 is 1. The first-order valence-corrected chi connectivity index (χ1v) is 15.0. The Morgan fingerprint density at radius 1 is 1.12 bits per heavy atom. The van der Waals surface area contributed by atoms with Crippen LogP contribution in [0.15, 0.2) is 53.8 Å². The molecule has 5 aromatic rings. The summed E-state index contributed by atoms with van der Waals surface area (Å²) in [6.45, 7) is 0.786. The van der Waals surface area contributed by atoms with Crippen LogP contribution in [0.1, 0.15) is 43.1 Å². The summed E-state index contributed by atoms with van der Waals surface area (Å²) in [6, 6.07) is 9.73. The second-order valence-electron chi connectivity index (χ2n) is 10.1. The van der Waals surface area contributed by atoms with Gasteiger partial charge in [0.05, 0.1) is 37.0 Å². The van der Waals surface area contributed by atoms with Gasteiger partial charge in [0.2, 0.25) is 0 Å². The zero-order valence-electron chi connectivity index (χ0n) is 22.6. The van der Waals surface area contributed by atoms with Crippen LogP contribution in [-0.2, 0) is 24.9 Å². The van der Waals surface area contributed by atoms with Gasteiger partial charge in [-0.3, -0.25) is 0 Å². The minimum Gasteiger partial charge on any atom is -0.382 e. The number of aromatic amines is 1. The fraction of sp³-hybridized carbons (Fsp3) is 0.385. The summed E-state index contributed by atoms with van der Waals surface area (Å²) in [5, 5.41) is 23.3. The lowest BCUT2D eigenvalue weighted by atomic mass is 9.76. The van der Waals surface area contributed by atoms with Crippen molar-refractivity contribution in [3.63, 3.8) is 0 Å². The number of tetrazole rings is 1. The highest BCUT2D eigenvalue weighted by Crippen LogP contribution is 2.46. The van der Waals surface area contributed by atoms with Crippen molar-refractivity contribution in [2.75, 3.05) is 32.3 Å². The number of hydrogen-bond acceptors (Lipinski definition) is 11. The number of para-hydroxylation sites is 1. The Bertz CT molecular complexity index is 1760. The van der Waals surface area contributed by atoms with Crippen molar-refractivity contribution in [3.05, 3.63) is 60.4 Å². The third-order valence-corrected chi connectivity index (χ3v) is 8.73. The van der Waals surface area contributed by atoms with E-state index in [4.69, 9.17) is 20.2 Å². The topological polar surface area (TPSA) is 181 Å². The maximum atomic E-state index is 13.0. The van der Waals surface area contributed by atoms with Crippen molar-refractivity contribution in [2.45, 2.75) is 42.1 Å². The molecule has 15 heteroatoms. The number of fused-ring (bicyclic) bond motifs is 1. The SMILES string of the molecule is COCCO[C@]1(c2nnn[nH]2)CC[C@@H](c2nc3c(-c4cnn(-c5ccccc5)c4)cnn3c(N)c2S(C)(=O)=O)CC1. The number of nitrogens with zero attached hydrogens (tertiary/aromatic N) is 8. The molecule has 0 aliphatic heterocycles. The molecular formula is C26H30N10O4S. The molecule has 214 valence electrons. The molecule has 4 heterocycles. The van der Waals surface area contributed by atoms with Gasteiger partial charge in [0.15, 0.2) is 21.3 Å². The summed E-state index contributed by atoms with van der Waals surface area (Å²) < 4.78 is 40.6. The van der Waals surface area contributed by atoms with Crippen LogP contribution in [-0.4, -0.2) is 80.0 Å². The van der Waals surface area contributed by atoms with Gasteiger partial charge in [-0.25, -0.2) is 23.2 Å². The van der Waals surface area contributed by atoms with Crippen molar-refractivity contribution >= 4 is 21.3 Å². The Hall–Kier alpha value is -4.21. The van der Waals surface area contributed by atoms with E-state index in [2.05, 4.69) is 30.8 Å². The van der Waals surface area contributed by atoms with Crippen LogP contribution in [0.3, 0.4) is 0 Å². The third-order valence-electron chi connectivity index (χ3n) is 7.57. The van der Waals surface area contributed by atoms with Crippen LogP contribution >= 0.6 is 0 Å². The zero-order valence-corrected chi connectivity index (χ0v) is 23.5. The van der Waals surface area contributed by atoms with Gasteiger partial charge in [0, 0.05) is 36.6 Å². The normalized spacial score (nSPS) is 19.6. The first-order chi connectivity index (χ1) is 19.8. The van der Waals surface area contributed by atoms with E-state index in [0.29, 0.717) is 61.6 Å². The quantitative estimate of drug-likeness (QED) is 0.245. The summed E-state index contributed by atoms with van der Waals surface area (Å²) in [6.07, 6.45) is 8.63. The number of benzene rings is 1. The number of nitrogens with one attached hydrogen (secondary N) is 1. The summed E-state index contributed by atoms with van der Waals surface area (Å²) in [5.74, 6) is 0.366. The molecule has 3 N–H and O–H groups in total. The molecule has 1 saturated carbocycles. The standard InChI is InChI=1S/C26H30N10O4S/c1-39-12-13-40-26(25-31-33-34-32-25)10-8-17(9-11-26)21-22(41(2,37)38)23(27)36-24(30-21)20(15-29-36)18-14-28-35(16-18)19-6-4-3-5-7-19/h3-7,14-17H,8-13,27H2,1-2H3,(H,31,32,33,34)/t17-,26-. The Morgan fingerprint density at radius 2 is 1.90 bits per heavy atom. The van der Waals surface area contributed by atoms with Crippen LogP contribution < -0.4 is 5.73 Å². The molecule has 6 rings (SSSR count). The zero-order chi connectivity index (χ0) is 28.6. The fourth-order valence-electron chi connectivity index (χ4n) is 5.54. The summed E-state index contributed by atoms with van der Waals surface area (Å²) in [5.41, 5.74) is 9.03. The van der Waals surface area contributed by atoms with Gasteiger partial charge in [0.1, 0.15) is 16.3 Å². The van der Waals surface area contributed by atoms with Gasteiger partial charge >= 0.3 is 0 Å². The van der Waals surface area contributed by atoms with Crippen LogP contribution in [0, 0.1) is 0 Å². The van der Waals surface area contributed by atoms with E-state index in [1.165, 1.54) is 4.52 Å². The molecule has 14 nitrogen and oxygen atoms in total. The predicted octanol–water partition coefficient (Wildman–Crippen LogP) is 2.30. The lowest BCUT2D eigenvalue weighted by Gasteiger charge is -2.38. The molecule has 4 aromatic heterocycles. The average Bonchev–Trinajstić information content (AvgIpc) is 3.75. The average molecular weight is 579 g/mol. The number of nitrogen functional groups attached to an aromatic ring is 1. The van der Waals surface area contributed by atoms with Gasteiger partial charge in [-0.05, 0) is 48.2 Å². The monoisotopic (exact) mass is 578 g/mol. The van der Waals surface area contributed by atoms with E-state index in [-0.39, 0.29) is 16.6 Å². The molecule has 1 aliphatic carbocycles. The van der Waals surface area contributed by atoms with Crippen LogP contribution in [0.25, 0.3) is 22.5 Å². The minimum atomic E-state index is -3.73. The number of nitrogens with two attached hydrogens (primary N) is 1. The Labute approximate surface area is 235 Å². The second kappa shape index (κ2) is 10.6. The molecule has 0 spiro atoms. The molecule has 1 aliphatic rings. The van der Waals surface area contributed by atoms with Gasteiger partial charge in [0.25, 0.3) is 0 Å². The van der Waals surface area contributed by atoms with Crippen molar-refractivity contribution < 1.29 is 17.9 Å². The number of anilines is 1. The van der Waals surface area contributed by atoms with E-state index in [9.17, 15) is 8.42 Å². The Morgan fingerprint density at radius 3 is 2.59 bits per heavy atom. The second-order valence-corrected chi connectivity index (χ2v) is 12.1. The van der Waals surface area contributed by atoms with E-state index in [0.717, 1.165) is 17.5 Å². The molecule has 0 unspecified atom stereocenters. The highest BCUT2D eigenvalue weighted by Gasteiger charge is 2.43. The van der Waals surface area contributed by atoms with Gasteiger partial charge in [-0.2, -0.15) is 14.7 Å². The summed E-state index contributed by atoms with van der Waals surface area (Å²) in [4.78, 5) is 4.92. The van der Waals surface area contributed by atoms with Crippen molar-refractivity contribution in [1.82, 2.24) is 45.0 Å². The van der Waals surface area contributed by atoms with Gasteiger partial charge < -0.3 is 15.2 Å². The Balaban J connectivity index is 1.39. The fourth-order valence-corrected chi connectivity index (χ4v) is 6.60. The number of aromatic nitrogens is 9. The molecule has 41 heavy (non-hydrogen) atoms. The summed E-state index contributed by atoms with van der Waals surface area (Å²) in [7, 11) is -2.12. The molecular weight excluding hydrogens is 548 g/mol. The molecule has 0 bridgehead atoms. The molecule has 1 aromatic carbocycles. The van der Waals surface area contributed by atoms with E-state index < -0.39 is 15.4 Å². The largest absolute Gasteiger partial charge is 0.382 e. The molecule has 0 radical (unpaired) electrons. The first-order valence-electron chi connectivity index (χ1n) is 13.2. The summed E-state index contributed by atoms with van der Waals surface area (Å²) >= 11 is 0. The van der Waals surface area contributed by atoms with Crippen molar-refractivity contribution in [1.29, 1.82) is 0 Å². The van der Waals surface area contributed by atoms with E-state index >= 15 is 0 Å².